The van der Waals surface area contributed by atoms with E-state index in [0.29, 0.717) is 31.6 Å². The lowest BCUT2D eigenvalue weighted by atomic mass is 9.83. The zero-order chi connectivity index (χ0) is 39.1. The van der Waals surface area contributed by atoms with Gasteiger partial charge in [0.05, 0.1) is 18.3 Å². The highest BCUT2D eigenvalue weighted by molar-refractivity contribution is 7.99. The van der Waals surface area contributed by atoms with Crippen LogP contribution < -0.4 is 16.4 Å². The Morgan fingerprint density at radius 1 is 1.00 bits per heavy atom. The Bertz CT molecular complexity index is 1710. The Balaban J connectivity index is 1.77. The first kappa shape index (κ1) is 42.8. The summed E-state index contributed by atoms with van der Waals surface area (Å²) in [6, 6.07) is 13.0. The van der Waals surface area contributed by atoms with E-state index < -0.39 is 41.0 Å². The van der Waals surface area contributed by atoms with Crippen molar-refractivity contribution in [3.05, 3.63) is 83.7 Å². The fourth-order valence-electron chi connectivity index (χ4n) is 5.92. The number of halogens is 2. The number of nitrogens with zero attached hydrogens (tertiary/aromatic N) is 2. The maximum atomic E-state index is 15.0. The molecule has 0 spiro atoms. The molecule has 2 atom stereocenters. The van der Waals surface area contributed by atoms with E-state index in [9.17, 15) is 33.5 Å². The minimum Gasteiger partial charge on any atom is -0.480 e. The van der Waals surface area contributed by atoms with Crippen LogP contribution >= 0.6 is 11.8 Å². The molecule has 3 amide bonds. The van der Waals surface area contributed by atoms with Gasteiger partial charge in [0, 0.05) is 61.1 Å². The summed E-state index contributed by atoms with van der Waals surface area (Å²) in [5.41, 5.74) is 7.69. The molecule has 0 unspecified atom stereocenters. The van der Waals surface area contributed by atoms with Gasteiger partial charge in [-0.3, -0.25) is 19.2 Å². The SMILES string of the molecule is CCC(=O)NCC(=O)CC[C@@H](NC(=O)CCSCC(=O)N(CCCN)[C@@H](c1cc(-c2cc(F)ccc2F)cn1Cc1ccccc1)C(C)(C)C)C(=O)O. The molecule has 3 aromatic rings. The summed E-state index contributed by atoms with van der Waals surface area (Å²) in [5, 5.41) is 14.5. The zero-order valence-electron chi connectivity index (χ0n) is 30.8. The fraction of sp³-hybridized carbons (Fsp3) is 0.462. The summed E-state index contributed by atoms with van der Waals surface area (Å²) in [6.07, 6.45) is 2.19. The van der Waals surface area contributed by atoms with Gasteiger partial charge < -0.3 is 30.9 Å². The number of carboxylic acids is 1. The molecule has 2 aromatic carbocycles. The van der Waals surface area contributed by atoms with Crippen LogP contribution in [0.25, 0.3) is 11.1 Å². The number of carboxylic acid groups (broad SMARTS) is 1. The molecule has 0 saturated carbocycles. The summed E-state index contributed by atoms with van der Waals surface area (Å²) in [4.78, 5) is 63.7. The molecule has 0 aliphatic carbocycles. The molecule has 53 heavy (non-hydrogen) atoms. The Labute approximate surface area is 314 Å². The lowest BCUT2D eigenvalue weighted by Crippen LogP contribution is -2.44. The number of nitrogens with two attached hydrogens (primary N) is 1. The van der Waals surface area contributed by atoms with Crippen LogP contribution in [0.2, 0.25) is 0 Å². The van der Waals surface area contributed by atoms with E-state index in [1.54, 1.807) is 18.0 Å². The number of aliphatic carboxylic acids is 1. The normalized spacial score (nSPS) is 12.5. The predicted molar refractivity (Wildman–Crippen MR) is 202 cm³/mol. The fourth-order valence-corrected chi connectivity index (χ4v) is 6.73. The zero-order valence-corrected chi connectivity index (χ0v) is 31.6. The van der Waals surface area contributed by atoms with Crippen molar-refractivity contribution in [2.24, 2.45) is 11.1 Å². The number of rotatable bonds is 21. The van der Waals surface area contributed by atoms with Gasteiger partial charge in [0.2, 0.25) is 17.7 Å². The monoisotopic (exact) mass is 755 g/mol. The molecule has 1 aromatic heterocycles. The van der Waals surface area contributed by atoms with Gasteiger partial charge >= 0.3 is 5.97 Å². The maximum Gasteiger partial charge on any atom is 0.326 e. The van der Waals surface area contributed by atoms with E-state index in [1.165, 1.54) is 11.8 Å². The summed E-state index contributed by atoms with van der Waals surface area (Å²) >= 11 is 1.23. The number of carbonyl (C=O) groups is 5. The minimum absolute atomic E-state index is 0.0234. The highest BCUT2D eigenvalue weighted by Gasteiger charge is 2.37. The van der Waals surface area contributed by atoms with E-state index in [1.807, 2.05) is 61.7 Å². The molecule has 14 heteroatoms. The van der Waals surface area contributed by atoms with Crippen LogP contribution in [0.5, 0.6) is 0 Å². The Morgan fingerprint density at radius 3 is 2.36 bits per heavy atom. The van der Waals surface area contributed by atoms with Crippen molar-refractivity contribution in [2.75, 3.05) is 31.1 Å². The summed E-state index contributed by atoms with van der Waals surface area (Å²) in [7, 11) is 0. The molecule has 1 heterocycles. The van der Waals surface area contributed by atoms with Crippen molar-refractivity contribution in [1.82, 2.24) is 20.1 Å². The molecule has 0 fully saturated rings. The van der Waals surface area contributed by atoms with Crippen LogP contribution in [0.1, 0.15) is 77.1 Å². The Kier molecular flexibility index (Phi) is 16.7. The molecule has 5 N–H and O–H groups in total. The number of nitrogens with one attached hydrogen (secondary N) is 2. The van der Waals surface area contributed by atoms with Gasteiger partial charge in [-0.25, -0.2) is 13.6 Å². The first-order valence-electron chi connectivity index (χ1n) is 17.7. The number of aromatic nitrogens is 1. The van der Waals surface area contributed by atoms with Crippen LogP contribution in [0.15, 0.2) is 60.8 Å². The molecule has 0 radical (unpaired) electrons. The van der Waals surface area contributed by atoms with Crippen molar-refractivity contribution in [2.45, 2.75) is 78.4 Å². The van der Waals surface area contributed by atoms with Crippen molar-refractivity contribution in [3.8, 4) is 11.1 Å². The molecule has 288 valence electrons. The smallest absolute Gasteiger partial charge is 0.326 e. The third-order valence-electron chi connectivity index (χ3n) is 8.55. The van der Waals surface area contributed by atoms with Gasteiger partial charge in [0.15, 0.2) is 5.78 Å². The largest absolute Gasteiger partial charge is 0.480 e. The number of hydrogen-bond acceptors (Lipinski definition) is 7. The molecule has 11 nitrogen and oxygen atoms in total. The highest BCUT2D eigenvalue weighted by Crippen LogP contribution is 2.41. The first-order chi connectivity index (χ1) is 25.1. The average molecular weight is 756 g/mol. The Hall–Kier alpha value is -4.56. The van der Waals surface area contributed by atoms with Gasteiger partial charge in [-0.2, -0.15) is 11.8 Å². The first-order valence-corrected chi connectivity index (χ1v) is 18.9. The van der Waals surface area contributed by atoms with E-state index in [0.717, 1.165) is 29.5 Å². The average Bonchev–Trinajstić information content (AvgIpc) is 3.51. The van der Waals surface area contributed by atoms with Crippen LogP contribution in [0.4, 0.5) is 8.78 Å². The summed E-state index contributed by atoms with van der Waals surface area (Å²) < 4.78 is 31.3. The number of ketones is 1. The van der Waals surface area contributed by atoms with E-state index >= 15 is 4.39 Å². The van der Waals surface area contributed by atoms with Crippen LogP contribution in [-0.2, 0) is 30.5 Å². The van der Waals surface area contributed by atoms with Gasteiger partial charge in [-0.15, -0.1) is 0 Å². The predicted octanol–water partition coefficient (Wildman–Crippen LogP) is 5.31. The standard InChI is InChI=1S/C39H51F2N5O6S/c1-5-34(48)43-22-29(47)13-15-32(38(51)52)44-35(49)16-19-53-25-36(50)46(18-9-17-42)37(39(2,3)4)33-20-27(30-21-28(40)12-14-31(30)41)24-45(33)23-26-10-7-6-8-11-26/h6-8,10-12,14,20-21,24,32,37H,5,9,13,15-19,22-23,25,42H2,1-4H3,(H,43,48)(H,44,49)(H,51,52)/t32-,37+/m1/s1. The molecular weight excluding hydrogens is 705 g/mol. The van der Waals surface area contributed by atoms with Crippen molar-refractivity contribution in [3.63, 3.8) is 0 Å². The molecular formula is C39H51F2N5O6S. The molecule has 0 aliphatic rings. The van der Waals surface area contributed by atoms with Crippen LogP contribution in [0, 0.1) is 17.0 Å². The van der Waals surface area contributed by atoms with E-state index in [2.05, 4.69) is 10.6 Å². The minimum atomic E-state index is -1.28. The van der Waals surface area contributed by atoms with Gasteiger partial charge in [0.1, 0.15) is 17.7 Å². The number of Topliss-reactive ketones (excluding diaryl/α,β-unsaturated/α-hetero) is 1. The van der Waals surface area contributed by atoms with E-state index in [4.69, 9.17) is 5.73 Å². The molecule has 0 aliphatic heterocycles. The second kappa shape index (κ2) is 20.6. The molecule has 3 rings (SSSR count). The van der Waals surface area contributed by atoms with Gasteiger partial charge in [0.25, 0.3) is 0 Å². The summed E-state index contributed by atoms with van der Waals surface area (Å²) in [6.45, 7) is 8.55. The van der Waals surface area contributed by atoms with Gasteiger partial charge in [-0.05, 0) is 54.6 Å². The number of hydrogen-bond donors (Lipinski definition) is 4. The maximum absolute atomic E-state index is 15.0. The van der Waals surface area contributed by atoms with E-state index in [-0.39, 0.29) is 66.9 Å². The third-order valence-corrected chi connectivity index (χ3v) is 9.49. The van der Waals surface area contributed by atoms with Crippen LogP contribution in [0.3, 0.4) is 0 Å². The third kappa shape index (κ3) is 13.4. The number of carbonyl (C=O) groups excluding carboxylic acids is 4. The van der Waals surface area contributed by atoms with Gasteiger partial charge in [-0.1, -0.05) is 58.0 Å². The summed E-state index contributed by atoms with van der Waals surface area (Å²) in [5.74, 6) is -3.55. The lowest BCUT2D eigenvalue weighted by molar-refractivity contribution is -0.142. The molecule has 0 saturated heterocycles. The van der Waals surface area contributed by atoms with Crippen LogP contribution in [-0.4, -0.2) is 81.2 Å². The Morgan fingerprint density at radius 2 is 1.72 bits per heavy atom. The van der Waals surface area contributed by atoms with Crippen molar-refractivity contribution >= 4 is 41.2 Å². The quantitative estimate of drug-likeness (QED) is 0.106. The molecule has 0 bridgehead atoms. The number of thioether (sulfide) groups is 1. The highest BCUT2D eigenvalue weighted by atomic mass is 32.2. The second-order valence-electron chi connectivity index (χ2n) is 13.9. The second-order valence-corrected chi connectivity index (χ2v) is 15.0. The van der Waals surface area contributed by atoms with Crippen molar-refractivity contribution in [1.29, 1.82) is 0 Å². The number of benzene rings is 2. The lowest BCUT2D eigenvalue weighted by Gasteiger charge is -2.41. The topological polar surface area (TPSA) is 164 Å². The van der Waals surface area contributed by atoms with Crippen molar-refractivity contribution < 1.29 is 37.9 Å². The number of amides is 3.